The Kier molecular flexibility index (Phi) is 5.94. The maximum absolute atomic E-state index is 5.18. The Bertz CT molecular complexity index is 1050. The number of anilines is 2. The second-order valence-corrected chi connectivity index (χ2v) is 8.78. The van der Waals surface area contributed by atoms with Gasteiger partial charge in [0.25, 0.3) is 0 Å². The van der Waals surface area contributed by atoms with Gasteiger partial charge in [-0.05, 0) is 50.6 Å². The third-order valence-corrected chi connectivity index (χ3v) is 6.46. The first-order valence-electron chi connectivity index (χ1n) is 11.4. The maximum Gasteiger partial charge on any atom is 0.225 e. The monoisotopic (exact) mass is 430 g/mol. The van der Waals surface area contributed by atoms with Crippen molar-refractivity contribution in [2.45, 2.75) is 25.7 Å². The molecule has 3 aromatic rings. The second kappa shape index (κ2) is 9.16. The Hall–Kier alpha value is -3.13. The van der Waals surface area contributed by atoms with E-state index in [9.17, 15) is 0 Å². The van der Waals surface area contributed by atoms with Crippen LogP contribution in [0.25, 0.3) is 11.1 Å². The van der Waals surface area contributed by atoms with Crippen LogP contribution in [0.4, 0.5) is 11.9 Å². The van der Waals surface area contributed by atoms with Crippen LogP contribution in [0.1, 0.15) is 30.1 Å². The van der Waals surface area contributed by atoms with Crippen molar-refractivity contribution < 1.29 is 0 Å². The van der Waals surface area contributed by atoms with Gasteiger partial charge in [0, 0.05) is 81.2 Å². The largest absolute Gasteiger partial charge is 0.340 e. The molecule has 2 fully saturated rings. The quantitative estimate of drug-likeness (QED) is 0.626. The van der Waals surface area contributed by atoms with Crippen molar-refractivity contribution in [3.63, 3.8) is 0 Å². The summed E-state index contributed by atoms with van der Waals surface area (Å²) in [4.78, 5) is 30.3. The molecule has 0 aromatic carbocycles. The first-order valence-corrected chi connectivity index (χ1v) is 11.4. The number of aromatic nitrogens is 5. The van der Waals surface area contributed by atoms with Gasteiger partial charge in [-0.1, -0.05) is 0 Å². The number of piperazine rings is 1. The molecule has 32 heavy (non-hydrogen) atoms. The summed E-state index contributed by atoms with van der Waals surface area (Å²) in [6.45, 7) is 7.83. The summed E-state index contributed by atoms with van der Waals surface area (Å²) in [5.74, 6) is 1.95. The van der Waals surface area contributed by atoms with Gasteiger partial charge in [0.2, 0.25) is 11.9 Å². The van der Waals surface area contributed by atoms with Gasteiger partial charge in [0.05, 0.1) is 5.69 Å². The third kappa shape index (κ3) is 4.41. The van der Waals surface area contributed by atoms with Gasteiger partial charge < -0.3 is 14.7 Å². The van der Waals surface area contributed by atoms with Gasteiger partial charge >= 0.3 is 0 Å². The van der Waals surface area contributed by atoms with E-state index in [1.54, 1.807) is 0 Å². The lowest BCUT2D eigenvalue weighted by molar-refractivity contribution is 0.311. The highest BCUT2D eigenvalue weighted by atomic mass is 15.3. The minimum Gasteiger partial charge on any atom is -0.340 e. The Balaban J connectivity index is 1.49. The Morgan fingerprint density at radius 2 is 1.62 bits per heavy atom. The summed E-state index contributed by atoms with van der Waals surface area (Å²) in [6.07, 6.45) is 9.71. The van der Waals surface area contributed by atoms with E-state index in [1.165, 1.54) is 0 Å². The number of aryl methyl sites for hydroxylation is 1. The number of piperidine rings is 1. The van der Waals surface area contributed by atoms with E-state index < -0.39 is 0 Å². The molecule has 2 aliphatic heterocycles. The molecule has 5 heterocycles. The molecule has 2 saturated heterocycles. The fourth-order valence-corrected chi connectivity index (χ4v) is 4.58. The molecule has 0 spiro atoms. The highest BCUT2D eigenvalue weighted by Gasteiger charge is 2.28. The van der Waals surface area contributed by atoms with Gasteiger partial charge in [-0.15, -0.1) is 0 Å². The van der Waals surface area contributed by atoms with E-state index in [2.05, 4.69) is 36.7 Å². The van der Waals surface area contributed by atoms with E-state index >= 15 is 0 Å². The van der Waals surface area contributed by atoms with Crippen LogP contribution in [0.3, 0.4) is 0 Å². The Morgan fingerprint density at radius 1 is 0.844 bits per heavy atom. The zero-order chi connectivity index (χ0) is 21.9. The van der Waals surface area contributed by atoms with Crippen molar-refractivity contribution in [3.8, 4) is 11.1 Å². The minimum atomic E-state index is 0.297. The van der Waals surface area contributed by atoms with Gasteiger partial charge in [0.1, 0.15) is 0 Å². The molecular formula is C24H30N8. The normalized spacial score (nSPS) is 19.9. The maximum atomic E-state index is 5.18. The first kappa shape index (κ1) is 20.8. The molecule has 0 aliphatic carbocycles. The molecule has 0 bridgehead atoms. The summed E-state index contributed by atoms with van der Waals surface area (Å²) in [6, 6.07) is 6.03. The van der Waals surface area contributed by atoms with Crippen molar-refractivity contribution in [2.24, 2.45) is 0 Å². The predicted octanol–water partition coefficient (Wildman–Crippen LogP) is 2.77. The highest BCUT2D eigenvalue weighted by molar-refractivity contribution is 5.66. The topological polar surface area (TPSA) is 74.2 Å². The van der Waals surface area contributed by atoms with Gasteiger partial charge in [-0.3, -0.25) is 4.98 Å². The number of pyridine rings is 1. The molecule has 0 amide bonds. The molecule has 1 atom stereocenters. The molecule has 0 N–H and O–H groups in total. The van der Waals surface area contributed by atoms with E-state index in [0.29, 0.717) is 5.92 Å². The molecule has 166 valence electrons. The summed E-state index contributed by atoms with van der Waals surface area (Å²) in [5, 5.41) is 0. The van der Waals surface area contributed by atoms with Gasteiger partial charge in [-0.2, -0.15) is 0 Å². The van der Waals surface area contributed by atoms with Gasteiger partial charge in [-0.25, -0.2) is 19.9 Å². The molecule has 8 heteroatoms. The molecule has 3 aromatic heterocycles. The molecule has 0 saturated carbocycles. The number of rotatable bonds is 4. The molecule has 2 aliphatic rings. The second-order valence-electron chi connectivity index (χ2n) is 8.78. The zero-order valence-electron chi connectivity index (χ0n) is 18.9. The van der Waals surface area contributed by atoms with E-state index in [0.717, 1.165) is 86.5 Å². The summed E-state index contributed by atoms with van der Waals surface area (Å²) < 4.78 is 0. The molecule has 5 rings (SSSR count). The number of likely N-dealkylation sites (N-methyl/N-ethyl adjacent to an activating group) is 1. The van der Waals surface area contributed by atoms with E-state index in [-0.39, 0.29) is 0 Å². The molecule has 8 nitrogen and oxygen atoms in total. The predicted molar refractivity (Wildman–Crippen MR) is 126 cm³/mol. The van der Waals surface area contributed by atoms with Crippen LogP contribution in [-0.4, -0.2) is 76.1 Å². The van der Waals surface area contributed by atoms with Crippen molar-refractivity contribution in [1.29, 1.82) is 0 Å². The molecular weight excluding hydrogens is 400 g/mol. The summed E-state index contributed by atoms with van der Waals surface area (Å²) in [5.41, 5.74) is 4.33. The van der Waals surface area contributed by atoms with Crippen molar-refractivity contribution in [3.05, 3.63) is 54.4 Å². The highest BCUT2D eigenvalue weighted by Crippen LogP contribution is 2.34. The summed E-state index contributed by atoms with van der Waals surface area (Å²) in [7, 11) is 2.17. The van der Waals surface area contributed by atoms with Crippen LogP contribution in [-0.2, 0) is 0 Å². The summed E-state index contributed by atoms with van der Waals surface area (Å²) >= 11 is 0. The van der Waals surface area contributed by atoms with Crippen LogP contribution in [0.15, 0.2) is 43.0 Å². The lowest BCUT2D eigenvalue weighted by atomic mass is 9.90. The minimum absolute atomic E-state index is 0.297. The SMILES string of the molecule is Cc1ccnc(N2CCCC(c3nc(N4CCN(C)CC4)ncc3-c3ccncc3)C2)n1. The number of hydrogen-bond donors (Lipinski definition) is 0. The Morgan fingerprint density at radius 3 is 2.41 bits per heavy atom. The molecule has 0 radical (unpaired) electrons. The Labute approximate surface area is 189 Å². The van der Waals surface area contributed by atoms with Crippen molar-refractivity contribution >= 4 is 11.9 Å². The smallest absolute Gasteiger partial charge is 0.225 e. The third-order valence-electron chi connectivity index (χ3n) is 6.46. The van der Waals surface area contributed by atoms with Crippen molar-refractivity contribution in [1.82, 2.24) is 29.8 Å². The van der Waals surface area contributed by atoms with Crippen LogP contribution >= 0.6 is 0 Å². The average molecular weight is 431 g/mol. The standard InChI is InChI=1S/C24H30N8/c1-18-5-10-26-23(28-18)32-11-3-4-20(17-32)22-21(19-6-8-25-9-7-19)16-27-24(29-22)31-14-12-30(2)13-15-31/h5-10,16,20H,3-4,11-15,17H2,1-2H3. The fourth-order valence-electron chi connectivity index (χ4n) is 4.58. The fraction of sp³-hybridized carbons (Fsp3) is 0.458. The van der Waals surface area contributed by atoms with E-state index in [1.807, 2.05) is 49.9 Å². The van der Waals surface area contributed by atoms with Crippen LogP contribution in [0.5, 0.6) is 0 Å². The average Bonchev–Trinajstić information content (AvgIpc) is 2.85. The lowest BCUT2D eigenvalue weighted by Crippen LogP contribution is -2.45. The van der Waals surface area contributed by atoms with Gasteiger partial charge in [0.15, 0.2) is 0 Å². The molecule has 1 unspecified atom stereocenters. The zero-order valence-corrected chi connectivity index (χ0v) is 18.9. The van der Waals surface area contributed by atoms with Crippen LogP contribution < -0.4 is 9.80 Å². The lowest BCUT2D eigenvalue weighted by Gasteiger charge is -2.35. The number of nitrogens with zero attached hydrogens (tertiary/aromatic N) is 8. The van der Waals surface area contributed by atoms with E-state index in [4.69, 9.17) is 9.97 Å². The van der Waals surface area contributed by atoms with Crippen LogP contribution in [0.2, 0.25) is 0 Å². The first-order chi connectivity index (χ1) is 15.7. The van der Waals surface area contributed by atoms with Crippen LogP contribution in [0, 0.1) is 6.92 Å². The number of hydrogen-bond acceptors (Lipinski definition) is 8. The van der Waals surface area contributed by atoms with Crippen molar-refractivity contribution in [2.75, 3.05) is 56.1 Å².